The number of aryl methyl sites for hydroxylation is 3. The van der Waals surface area contributed by atoms with Gasteiger partial charge in [0.2, 0.25) is 5.91 Å². The van der Waals surface area contributed by atoms with E-state index in [1.165, 1.54) is 16.7 Å². The van der Waals surface area contributed by atoms with Crippen LogP contribution in [0, 0.1) is 13.8 Å². The lowest BCUT2D eigenvalue weighted by atomic mass is 10.0. The molecule has 0 atom stereocenters. The van der Waals surface area contributed by atoms with E-state index < -0.39 is 0 Å². The van der Waals surface area contributed by atoms with Crippen molar-refractivity contribution in [3.8, 4) is 5.75 Å². The van der Waals surface area contributed by atoms with E-state index in [2.05, 4.69) is 43.4 Å². The van der Waals surface area contributed by atoms with Gasteiger partial charge in [-0.2, -0.15) is 0 Å². The largest absolute Gasteiger partial charge is 0.491 e. The number of benzene rings is 2. The van der Waals surface area contributed by atoms with Crippen molar-refractivity contribution < 1.29 is 9.53 Å². The van der Waals surface area contributed by atoms with Gasteiger partial charge in [0, 0.05) is 6.54 Å². The van der Waals surface area contributed by atoms with E-state index in [-0.39, 0.29) is 12.0 Å². The van der Waals surface area contributed by atoms with Crippen molar-refractivity contribution in [1.82, 2.24) is 5.32 Å². The molecule has 3 nitrogen and oxygen atoms in total. The summed E-state index contributed by atoms with van der Waals surface area (Å²) in [5.74, 6) is 0.994. The van der Waals surface area contributed by atoms with Gasteiger partial charge in [0.25, 0.3) is 0 Å². The summed E-state index contributed by atoms with van der Waals surface area (Å²) in [5.41, 5.74) is 4.77. The third-order valence-electron chi connectivity index (χ3n) is 4.11. The minimum absolute atomic E-state index is 0.0904. The average molecular weight is 339 g/mol. The maximum absolute atomic E-state index is 12.1. The standard InChI is InChI=1S/C22H29NO2/c1-16(2)25-21-11-8-19(9-12-21)6-5-13-23-22(24)15-20-10-7-17(3)14-18(20)4/h7-12,14,16H,5-6,13,15H2,1-4H3,(H,23,24). The van der Waals surface area contributed by atoms with Gasteiger partial charge in [0.1, 0.15) is 5.75 Å². The van der Waals surface area contributed by atoms with Gasteiger partial charge in [-0.25, -0.2) is 0 Å². The first-order valence-corrected chi connectivity index (χ1v) is 9.02. The molecule has 2 aromatic rings. The molecule has 2 aromatic carbocycles. The Bertz CT molecular complexity index is 690. The number of hydrogen-bond donors (Lipinski definition) is 1. The number of rotatable bonds is 8. The first-order chi connectivity index (χ1) is 11.9. The maximum atomic E-state index is 12.1. The molecule has 0 saturated heterocycles. The highest BCUT2D eigenvalue weighted by atomic mass is 16.5. The maximum Gasteiger partial charge on any atom is 0.224 e. The minimum atomic E-state index is 0.0904. The first-order valence-electron chi connectivity index (χ1n) is 9.02. The van der Waals surface area contributed by atoms with Gasteiger partial charge >= 0.3 is 0 Å². The van der Waals surface area contributed by atoms with Crippen molar-refractivity contribution in [3.63, 3.8) is 0 Å². The van der Waals surface area contributed by atoms with Gasteiger partial charge in [0.15, 0.2) is 0 Å². The fourth-order valence-corrected chi connectivity index (χ4v) is 2.81. The van der Waals surface area contributed by atoms with Crippen LogP contribution in [0.4, 0.5) is 0 Å². The Kier molecular flexibility index (Phi) is 7.05. The van der Waals surface area contributed by atoms with E-state index in [1.54, 1.807) is 0 Å². The zero-order valence-corrected chi connectivity index (χ0v) is 15.8. The van der Waals surface area contributed by atoms with Crippen molar-refractivity contribution >= 4 is 5.91 Å². The number of nitrogens with one attached hydrogen (secondary N) is 1. The van der Waals surface area contributed by atoms with Crippen LogP contribution in [-0.2, 0) is 17.6 Å². The summed E-state index contributed by atoms with van der Waals surface area (Å²) >= 11 is 0. The highest BCUT2D eigenvalue weighted by Gasteiger charge is 2.06. The van der Waals surface area contributed by atoms with Crippen molar-refractivity contribution in [3.05, 3.63) is 64.7 Å². The topological polar surface area (TPSA) is 38.3 Å². The van der Waals surface area contributed by atoms with Crippen LogP contribution >= 0.6 is 0 Å². The van der Waals surface area contributed by atoms with Crippen LogP contribution in [0.3, 0.4) is 0 Å². The van der Waals surface area contributed by atoms with Crippen LogP contribution in [0.2, 0.25) is 0 Å². The summed E-state index contributed by atoms with van der Waals surface area (Å²) in [7, 11) is 0. The summed E-state index contributed by atoms with van der Waals surface area (Å²) in [6.07, 6.45) is 2.53. The quantitative estimate of drug-likeness (QED) is 0.725. The van der Waals surface area contributed by atoms with E-state index in [4.69, 9.17) is 4.74 Å². The lowest BCUT2D eigenvalue weighted by molar-refractivity contribution is -0.120. The molecular formula is C22H29NO2. The minimum Gasteiger partial charge on any atom is -0.491 e. The van der Waals surface area contributed by atoms with Crippen LogP contribution < -0.4 is 10.1 Å². The van der Waals surface area contributed by atoms with Crippen LogP contribution in [-0.4, -0.2) is 18.6 Å². The molecule has 1 N–H and O–H groups in total. The predicted octanol–water partition coefficient (Wildman–Crippen LogP) is 4.38. The molecule has 1 amide bonds. The zero-order valence-electron chi connectivity index (χ0n) is 15.8. The van der Waals surface area contributed by atoms with E-state index >= 15 is 0 Å². The van der Waals surface area contributed by atoms with Crippen molar-refractivity contribution in [2.75, 3.05) is 6.54 Å². The molecule has 0 aliphatic carbocycles. The van der Waals surface area contributed by atoms with Crippen molar-refractivity contribution in [1.29, 1.82) is 0 Å². The van der Waals surface area contributed by atoms with Crippen molar-refractivity contribution in [2.24, 2.45) is 0 Å². The molecule has 0 saturated carbocycles. The first kappa shape index (κ1) is 19.0. The molecular weight excluding hydrogens is 310 g/mol. The second-order valence-corrected chi connectivity index (χ2v) is 6.87. The third kappa shape index (κ3) is 6.61. The van der Waals surface area contributed by atoms with E-state index in [0.29, 0.717) is 13.0 Å². The second kappa shape index (κ2) is 9.26. The SMILES string of the molecule is Cc1ccc(CC(=O)NCCCc2ccc(OC(C)C)cc2)c(C)c1. The lowest BCUT2D eigenvalue weighted by Gasteiger charge is -2.10. The highest BCUT2D eigenvalue weighted by Crippen LogP contribution is 2.15. The average Bonchev–Trinajstić information content (AvgIpc) is 2.55. The van der Waals surface area contributed by atoms with Gasteiger partial charge in [-0.05, 0) is 69.4 Å². The highest BCUT2D eigenvalue weighted by molar-refractivity contribution is 5.78. The van der Waals surface area contributed by atoms with Gasteiger partial charge in [-0.1, -0.05) is 35.9 Å². The Morgan fingerprint density at radius 2 is 1.80 bits per heavy atom. The molecule has 0 spiro atoms. The molecule has 0 fully saturated rings. The molecule has 0 aromatic heterocycles. The fourth-order valence-electron chi connectivity index (χ4n) is 2.81. The molecule has 25 heavy (non-hydrogen) atoms. The van der Waals surface area contributed by atoms with Crippen molar-refractivity contribution in [2.45, 2.75) is 53.1 Å². The van der Waals surface area contributed by atoms with Crippen LogP contribution in [0.15, 0.2) is 42.5 Å². The molecule has 0 aliphatic heterocycles. The normalized spacial score (nSPS) is 10.8. The smallest absolute Gasteiger partial charge is 0.224 e. The Balaban J connectivity index is 1.70. The molecule has 0 radical (unpaired) electrons. The number of carbonyl (C=O) groups excluding carboxylic acids is 1. The predicted molar refractivity (Wildman–Crippen MR) is 103 cm³/mol. The summed E-state index contributed by atoms with van der Waals surface area (Å²) in [6, 6.07) is 14.4. The Morgan fingerprint density at radius 3 is 2.44 bits per heavy atom. The number of carbonyl (C=O) groups is 1. The van der Waals surface area contributed by atoms with Gasteiger partial charge in [-0.15, -0.1) is 0 Å². The van der Waals surface area contributed by atoms with E-state index in [0.717, 1.165) is 24.2 Å². The summed E-state index contributed by atoms with van der Waals surface area (Å²) < 4.78 is 5.64. The molecule has 3 heteroatoms. The summed E-state index contributed by atoms with van der Waals surface area (Å²) in [6.45, 7) is 8.87. The van der Waals surface area contributed by atoms with E-state index in [9.17, 15) is 4.79 Å². The van der Waals surface area contributed by atoms with Crippen LogP contribution in [0.25, 0.3) is 0 Å². The van der Waals surface area contributed by atoms with Gasteiger partial charge in [-0.3, -0.25) is 4.79 Å². The lowest BCUT2D eigenvalue weighted by Crippen LogP contribution is -2.26. The molecule has 0 heterocycles. The Labute approximate surface area is 151 Å². The second-order valence-electron chi connectivity index (χ2n) is 6.87. The molecule has 0 unspecified atom stereocenters. The Hall–Kier alpha value is -2.29. The molecule has 0 aliphatic rings. The molecule has 2 rings (SSSR count). The Morgan fingerprint density at radius 1 is 1.08 bits per heavy atom. The van der Waals surface area contributed by atoms with E-state index in [1.807, 2.05) is 32.0 Å². The summed E-state index contributed by atoms with van der Waals surface area (Å²) in [5, 5.41) is 3.02. The third-order valence-corrected chi connectivity index (χ3v) is 4.11. The van der Waals surface area contributed by atoms with Gasteiger partial charge in [0.05, 0.1) is 12.5 Å². The molecule has 134 valence electrons. The number of ether oxygens (including phenoxy) is 1. The van der Waals surface area contributed by atoms with Crippen LogP contribution in [0.5, 0.6) is 5.75 Å². The summed E-state index contributed by atoms with van der Waals surface area (Å²) in [4.78, 5) is 12.1. The molecule has 0 bridgehead atoms. The van der Waals surface area contributed by atoms with Crippen LogP contribution in [0.1, 0.15) is 42.5 Å². The number of amides is 1. The zero-order chi connectivity index (χ0) is 18.2. The van der Waals surface area contributed by atoms with Gasteiger partial charge < -0.3 is 10.1 Å². The monoisotopic (exact) mass is 339 g/mol. The fraction of sp³-hybridized carbons (Fsp3) is 0.409. The number of hydrogen-bond acceptors (Lipinski definition) is 2.